The molecule has 1 aromatic carbocycles. The zero-order chi connectivity index (χ0) is 13.1. The molecule has 0 saturated carbocycles. The fourth-order valence-corrected chi connectivity index (χ4v) is 1.39. The van der Waals surface area contributed by atoms with Crippen molar-refractivity contribution in [2.45, 2.75) is 0 Å². The Kier molecular flexibility index (Phi) is 3.41. The van der Waals surface area contributed by atoms with Crippen LogP contribution >= 0.6 is 0 Å². The van der Waals surface area contributed by atoms with Crippen molar-refractivity contribution >= 4 is 12.2 Å². The van der Waals surface area contributed by atoms with Crippen LogP contribution < -0.4 is 0 Å². The Balaban J connectivity index is 2.44. The van der Waals surface area contributed by atoms with Crippen LogP contribution in [0.4, 0.5) is 17.6 Å². The van der Waals surface area contributed by atoms with E-state index in [1.54, 1.807) is 12.1 Å². The first kappa shape index (κ1) is 12.3. The molecule has 1 nitrogen and oxygen atoms in total. The van der Waals surface area contributed by atoms with Crippen LogP contribution in [-0.2, 0) is 0 Å². The minimum Gasteiger partial charge on any atom is -0.265 e. The van der Waals surface area contributed by atoms with E-state index < -0.39 is 28.8 Å². The summed E-state index contributed by atoms with van der Waals surface area (Å²) in [5.74, 6) is -5.69. The molecule has 0 fully saturated rings. The second-order valence-corrected chi connectivity index (χ2v) is 3.50. The van der Waals surface area contributed by atoms with Gasteiger partial charge in [-0.15, -0.1) is 0 Å². The largest absolute Gasteiger partial charge is 0.265 e. The summed E-state index contributed by atoms with van der Waals surface area (Å²) in [5, 5.41) is 0. The number of benzene rings is 1. The van der Waals surface area contributed by atoms with Crippen LogP contribution in [0, 0.1) is 23.3 Å². The van der Waals surface area contributed by atoms with Crippen molar-refractivity contribution in [2.75, 3.05) is 0 Å². The summed E-state index contributed by atoms with van der Waals surface area (Å²) < 4.78 is 52.4. The molecule has 1 aromatic heterocycles. The van der Waals surface area contributed by atoms with Gasteiger partial charge in [0.25, 0.3) is 0 Å². The van der Waals surface area contributed by atoms with Gasteiger partial charge in [0.1, 0.15) is 0 Å². The predicted molar refractivity (Wildman–Crippen MR) is 59.4 cm³/mol. The maximum absolute atomic E-state index is 13.3. The molecular weight excluding hydrogens is 246 g/mol. The van der Waals surface area contributed by atoms with Gasteiger partial charge in [0.15, 0.2) is 23.3 Å². The summed E-state index contributed by atoms with van der Waals surface area (Å²) in [4.78, 5) is 3.76. The summed E-state index contributed by atoms with van der Waals surface area (Å²) >= 11 is 0. The number of nitrogens with zero attached hydrogens (tertiary/aromatic N) is 1. The highest BCUT2D eigenvalue weighted by atomic mass is 19.2. The van der Waals surface area contributed by atoms with Crippen molar-refractivity contribution in [1.29, 1.82) is 0 Å². The summed E-state index contributed by atoms with van der Waals surface area (Å²) in [5.41, 5.74) is -0.141. The van der Waals surface area contributed by atoms with Crippen molar-refractivity contribution in [3.63, 3.8) is 0 Å². The zero-order valence-electron chi connectivity index (χ0n) is 9.00. The maximum Gasteiger partial charge on any atom is 0.169 e. The number of hydrogen-bond acceptors (Lipinski definition) is 1. The Morgan fingerprint density at radius 3 is 1.94 bits per heavy atom. The predicted octanol–water partition coefficient (Wildman–Crippen LogP) is 3.81. The van der Waals surface area contributed by atoms with Gasteiger partial charge in [-0.05, 0) is 23.8 Å². The normalized spacial score (nSPS) is 11.1. The van der Waals surface area contributed by atoms with Crippen LogP contribution in [0.1, 0.15) is 11.1 Å². The minimum absolute atomic E-state index is 0.175. The Bertz CT molecular complexity index is 567. The molecule has 0 spiro atoms. The highest BCUT2D eigenvalue weighted by molar-refractivity contribution is 5.70. The fraction of sp³-hybridized carbons (Fsp3) is 0. The molecule has 0 aliphatic heterocycles. The van der Waals surface area contributed by atoms with Gasteiger partial charge in [-0.3, -0.25) is 4.98 Å². The highest BCUT2D eigenvalue weighted by Gasteiger charge is 2.16. The molecule has 0 saturated heterocycles. The SMILES string of the molecule is Fc1cc(F)c(F)c(/C=C/c2ccncc2)c1F. The lowest BCUT2D eigenvalue weighted by Crippen LogP contribution is -1.97. The molecule has 0 radical (unpaired) electrons. The third-order valence-corrected chi connectivity index (χ3v) is 2.29. The van der Waals surface area contributed by atoms with Gasteiger partial charge < -0.3 is 0 Å². The van der Waals surface area contributed by atoms with Crippen LogP contribution in [0.15, 0.2) is 30.6 Å². The molecule has 5 heteroatoms. The molecule has 2 aromatic rings. The van der Waals surface area contributed by atoms with Crippen LogP contribution in [-0.4, -0.2) is 4.98 Å². The Labute approximate surface area is 100 Å². The van der Waals surface area contributed by atoms with E-state index in [1.807, 2.05) is 0 Å². The van der Waals surface area contributed by atoms with Crippen molar-refractivity contribution in [2.24, 2.45) is 0 Å². The smallest absolute Gasteiger partial charge is 0.169 e. The molecule has 92 valence electrons. The van der Waals surface area contributed by atoms with Gasteiger partial charge in [0.05, 0.1) is 5.56 Å². The second kappa shape index (κ2) is 5.00. The maximum atomic E-state index is 13.3. The topological polar surface area (TPSA) is 12.9 Å². The highest BCUT2D eigenvalue weighted by Crippen LogP contribution is 2.21. The third-order valence-electron chi connectivity index (χ3n) is 2.29. The second-order valence-electron chi connectivity index (χ2n) is 3.50. The van der Waals surface area contributed by atoms with Gasteiger partial charge >= 0.3 is 0 Å². The monoisotopic (exact) mass is 253 g/mol. The Hall–Kier alpha value is -2.17. The first-order chi connectivity index (χ1) is 8.59. The zero-order valence-corrected chi connectivity index (χ0v) is 9.00. The van der Waals surface area contributed by atoms with E-state index in [1.165, 1.54) is 18.5 Å². The van der Waals surface area contributed by atoms with Crippen LogP contribution in [0.3, 0.4) is 0 Å². The summed E-state index contributed by atoms with van der Waals surface area (Å²) in [6, 6.07) is 3.35. The Morgan fingerprint density at radius 2 is 1.39 bits per heavy atom. The minimum atomic E-state index is -1.43. The average molecular weight is 253 g/mol. The van der Waals surface area contributed by atoms with Crippen molar-refractivity contribution in [3.05, 3.63) is 65.0 Å². The van der Waals surface area contributed by atoms with Gasteiger partial charge in [-0.25, -0.2) is 17.6 Å². The molecule has 0 amide bonds. The number of hydrogen-bond donors (Lipinski definition) is 0. The number of aromatic nitrogens is 1. The molecule has 0 aliphatic carbocycles. The van der Waals surface area contributed by atoms with Crippen molar-refractivity contribution in [3.8, 4) is 0 Å². The average Bonchev–Trinajstić information content (AvgIpc) is 2.38. The number of halogens is 4. The van der Waals surface area contributed by atoms with E-state index in [4.69, 9.17) is 0 Å². The summed E-state index contributed by atoms with van der Waals surface area (Å²) in [6.45, 7) is 0. The molecule has 1 heterocycles. The van der Waals surface area contributed by atoms with E-state index in [2.05, 4.69) is 4.98 Å². The molecular formula is C13H7F4N. The molecule has 0 N–H and O–H groups in total. The lowest BCUT2D eigenvalue weighted by atomic mass is 10.1. The van der Waals surface area contributed by atoms with Crippen LogP contribution in [0.5, 0.6) is 0 Å². The van der Waals surface area contributed by atoms with E-state index in [0.717, 1.165) is 6.08 Å². The molecule has 0 unspecified atom stereocenters. The standard InChI is InChI=1S/C13H7F4N/c14-10-7-11(15)13(17)9(12(10)16)2-1-8-3-5-18-6-4-8/h1-7H/b2-1+. The van der Waals surface area contributed by atoms with Crippen LogP contribution in [0.2, 0.25) is 0 Å². The fourth-order valence-electron chi connectivity index (χ4n) is 1.39. The number of pyridine rings is 1. The summed E-state index contributed by atoms with van der Waals surface area (Å²) in [6.07, 6.45) is 5.28. The van der Waals surface area contributed by atoms with Crippen molar-refractivity contribution < 1.29 is 17.6 Å². The van der Waals surface area contributed by atoms with Crippen LogP contribution in [0.25, 0.3) is 12.2 Å². The van der Waals surface area contributed by atoms with E-state index in [9.17, 15) is 17.6 Å². The molecule has 0 bridgehead atoms. The quantitative estimate of drug-likeness (QED) is 0.585. The Morgan fingerprint density at radius 1 is 0.833 bits per heavy atom. The van der Waals surface area contributed by atoms with Gasteiger partial charge in [-0.2, -0.15) is 0 Å². The van der Waals surface area contributed by atoms with Gasteiger partial charge in [0, 0.05) is 18.5 Å². The lowest BCUT2D eigenvalue weighted by Gasteiger charge is -2.02. The van der Waals surface area contributed by atoms with Gasteiger partial charge in [-0.1, -0.05) is 6.08 Å². The first-order valence-electron chi connectivity index (χ1n) is 5.00. The molecule has 2 rings (SSSR count). The van der Waals surface area contributed by atoms with Crippen molar-refractivity contribution in [1.82, 2.24) is 4.98 Å². The third kappa shape index (κ3) is 2.40. The molecule has 0 atom stereocenters. The van der Waals surface area contributed by atoms with Gasteiger partial charge in [0.2, 0.25) is 0 Å². The molecule has 18 heavy (non-hydrogen) atoms. The van der Waals surface area contributed by atoms with E-state index >= 15 is 0 Å². The van der Waals surface area contributed by atoms with E-state index in [0.29, 0.717) is 5.56 Å². The molecule has 0 aliphatic rings. The first-order valence-corrected chi connectivity index (χ1v) is 5.00. The summed E-state index contributed by atoms with van der Waals surface area (Å²) in [7, 11) is 0. The van der Waals surface area contributed by atoms with E-state index in [-0.39, 0.29) is 6.07 Å². The number of rotatable bonds is 2. The lowest BCUT2D eigenvalue weighted by molar-refractivity contribution is 0.451.